The molecule has 0 saturated heterocycles. The first-order chi connectivity index (χ1) is 14.7. The maximum atomic E-state index is 13.9. The molecular weight excluding hydrogens is 425 g/mol. The molecule has 1 amide bonds. The maximum Gasteiger partial charge on any atom is 0.269 e. The van der Waals surface area contributed by atoms with Crippen LogP contribution < -0.4 is 14.8 Å². The topological polar surface area (TPSA) is 73.3 Å². The van der Waals surface area contributed by atoms with Gasteiger partial charge < -0.3 is 9.47 Å². The van der Waals surface area contributed by atoms with Gasteiger partial charge in [-0.2, -0.15) is 0 Å². The lowest BCUT2D eigenvalue weighted by Gasteiger charge is -2.18. The molecule has 0 saturated carbocycles. The van der Waals surface area contributed by atoms with E-state index in [1.165, 1.54) is 23.6 Å². The molecule has 0 fully saturated rings. The number of carbonyl (C=O) groups is 1. The van der Waals surface area contributed by atoms with E-state index in [2.05, 4.69) is 15.3 Å². The van der Waals surface area contributed by atoms with Crippen LogP contribution in [0.5, 0.6) is 11.5 Å². The van der Waals surface area contributed by atoms with E-state index >= 15 is 0 Å². The average Bonchev–Trinajstić information content (AvgIpc) is 3.44. The van der Waals surface area contributed by atoms with Crippen LogP contribution in [0.4, 0.5) is 9.52 Å². The van der Waals surface area contributed by atoms with Gasteiger partial charge in [0.2, 0.25) is 0 Å². The van der Waals surface area contributed by atoms with Crippen LogP contribution in [0.1, 0.15) is 9.67 Å². The normalized spacial score (nSPS) is 12.6. The van der Waals surface area contributed by atoms with Gasteiger partial charge in [0, 0.05) is 16.5 Å². The summed E-state index contributed by atoms with van der Waals surface area (Å²) < 4.78 is 25.1. The highest BCUT2D eigenvalue weighted by atomic mass is 32.1. The van der Waals surface area contributed by atoms with Gasteiger partial charge in [-0.1, -0.05) is 12.1 Å². The predicted molar refractivity (Wildman–Crippen MR) is 114 cm³/mol. The second-order valence-corrected chi connectivity index (χ2v) is 8.25. The molecule has 0 atom stereocenters. The van der Waals surface area contributed by atoms with Crippen LogP contribution in [0.2, 0.25) is 0 Å². The van der Waals surface area contributed by atoms with Gasteiger partial charge in [0.1, 0.15) is 28.9 Å². The van der Waals surface area contributed by atoms with Crippen molar-refractivity contribution in [3.05, 3.63) is 64.7 Å². The van der Waals surface area contributed by atoms with Crippen LogP contribution in [0.25, 0.3) is 21.8 Å². The highest BCUT2D eigenvalue weighted by Gasteiger charge is 2.17. The van der Waals surface area contributed by atoms with Crippen LogP contribution in [0, 0.1) is 5.82 Å². The van der Waals surface area contributed by atoms with E-state index in [0.717, 1.165) is 22.6 Å². The molecular formula is C21H14FN3O3S2. The van der Waals surface area contributed by atoms with E-state index in [0.29, 0.717) is 45.3 Å². The fourth-order valence-electron chi connectivity index (χ4n) is 2.96. The van der Waals surface area contributed by atoms with Crippen molar-refractivity contribution in [2.24, 2.45) is 0 Å². The molecule has 2 aromatic heterocycles. The summed E-state index contributed by atoms with van der Waals surface area (Å²) in [4.78, 5) is 21.6. The average molecular weight is 439 g/mol. The quantitative estimate of drug-likeness (QED) is 0.479. The van der Waals surface area contributed by atoms with Gasteiger partial charge in [0.15, 0.2) is 16.6 Å². The van der Waals surface area contributed by atoms with E-state index in [-0.39, 0.29) is 11.7 Å². The molecule has 1 N–H and O–H groups in total. The lowest BCUT2D eigenvalue weighted by atomic mass is 10.1. The number of nitrogens with zero attached hydrogens (tertiary/aromatic N) is 2. The van der Waals surface area contributed by atoms with Crippen LogP contribution in [0.3, 0.4) is 0 Å². The Hall–Kier alpha value is -3.30. The van der Waals surface area contributed by atoms with E-state index < -0.39 is 0 Å². The monoisotopic (exact) mass is 439 g/mol. The molecule has 0 unspecified atom stereocenters. The van der Waals surface area contributed by atoms with Crippen LogP contribution >= 0.6 is 22.7 Å². The number of nitrogens with one attached hydrogen (secondary N) is 1. The Labute approximate surface area is 179 Å². The molecule has 0 aliphatic carbocycles. The smallest absolute Gasteiger partial charge is 0.269 e. The van der Waals surface area contributed by atoms with Gasteiger partial charge in [-0.3, -0.25) is 10.1 Å². The molecule has 150 valence electrons. The van der Waals surface area contributed by atoms with Crippen molar-refractivity contribution in [1.82, 2.24) is 9.97 Å². The van der Waals surface area contributed by atoms with Gasteiger partial charge in [-0.25, -0.2) is 14.4 Å². The van der Waals surface area contributed by atoms with Crippen LogP contribution in [-0.2, 0) is 0 Å². The Morgan fingerprint density at radius 3 is 2.80 bits per heavy atom. The van der Waals surface area contributed by atoms with Crippen molar-refractivity contribution >= 4 is 33.7 Å². The Morgan fingerprint density at radius 1 is 1.10 bits per heavy atom. The van der Waals surface area contributed by atoms with E-state index in [9.17, 15) is 9.18 Å². The minimum absolute atomic E-state index is 0.335. The minimum Gasteiger partial charge on any atom is -0.486 e. The molecule has 0 spiro atoms. The molecule has 5 rings (SSSR count). The van der Waals surface area contributed by atoms with Crippen LogP contribution in [0.15, 0.2) is 54.0 Å². The van der Waals surface area contributed by atoms with Crippen molar-refractivity contribution in [2.75, 3.05) is 18.5 Å². The number of carbonyl (C=O) groups excluding carboxylic acids is 1. The third-order valence-electron chi connectivity index (χ3n) is 4.40. The Balaban J connectivity index is 1.32. The molecule has 3 heterocycles. The first kappa shape index (κ1) is 18.7. The zero-order valence-electron chi connectivity index (χ0n) is 15.4. The van der Waals surface area contributed by atoms with Gasteiger partial charge in [-0.05, 0) is 30.3 Å². The maximum absolute atomic E-state index is 13.9. The highest BCUT2D eigenvalue weighted by molar-refractivity contribution is 7.17. The second kappa shape index (κ2) is 7.85. The number of amides is 1. The fourth-order valence-corrected chi connectivity index (χ4v) is 4.52. The molecule has 0 bridgehead atoms. The summed E-state index contributed by atoms with van der Waals surface area (Å²) in [5, 5.41) is 5.56. The van der Waals surface area contributed by atoms with Gasteiger partial charge >= 0.3 is 0 Å². The number of rotatable bonds is 4. The van der Waals surface area contributed by atoms with Crippen molar-refractivity contribution in [3.63, 3.8) is 0 Å². The first-order valence-corrected chi connectivity index (χ1v) is 10.7. The number of thiazole rings is 2. The summed E-state index contributed by atoms with van der Waals surface area (Å²) in [7, 11) is 0. The van der Waals surface area contributed by atoms with Crippen LogP contribution in [-0.4, -0.2) is 29.1 Å². The summed E-state index contributed by atoms with van der Waals surface area (Å²) >= 11 is 2.45. The number of hydrogen-bond acceptors (Lipinski definition) is 7. The number of benzene rings is 2. The van der Waals surface area contributed by atoms with E-state index in [1.807, 2.05) is 23.6 Å². The minimum atomic E-state index is -0.372. The summed E-state index contributed by atoms with van der Waals surface area (Å²) in [6.07, 6.45) is 1.44. The molecule has 4 aromatic rings. The fraction of sp³-hybridized carbons (Fsp3) is 0.0952. The largest absolute Gasteiger partial charge is 0.486 e. The number of anilines is 1. The third-order valence-corrected chi connectivity index (χ3v) is 6.18. The van der Waals surface area contributed by atoms with Crippen molar-refractivity contribution in [3.8, 4) is 33.3 Å². The summed E-state index contributed by atoms with van der Waals surface area (Å²) in [6.45, 7) is 1.05. The third kappa shape index (κ3) is 3.64. The summed E-state index contributed by atoms with van der Waals surface area (Å²) in [5.74, 6) is 0.688. The zero-order chi connectivity index (χ0) is 20.5. The van der Waals surface area contributed by atoms with Gasteiger partial charge in [-0.15, -0.1) is 22.7 Å². The molecule has 1 aliphatic rings. The number of aromatic nitrogens is 2. The standard InChI is InChI=1S/C21H14FN3O3S2/c22-14-4-2-1-3-13(14)20-23-10-18(30-20)19(26)25-21-24-15(11-29-21)12-5-6-16-17(9-12)28-8-7-27-16/h1-6,9-11H,7-8H2,(H,24,25,26). The number of halogens is 1. The van der Waals surface area contributed by atoms with Crippen molar-refractivity contribution < 1.29 is 18.7 Å². The second-order valence-electron chi connectivity index (χ2n) is 6.36. The van der Waals surface area contributed by atoms with E-state index in [4.69, 9.17) is 9.47 Å². The molecule has 30 heavy (non-hydrogen) atoms. The Bertz CT molecular complexity index is 1240. The summed E-state index contributed by atoms with van der Waals surface area (Å²) in [5.41, 5.74) is 1.97. The summed E-state index contributed by atoms with van der Waals surface area (Å²) in [6, 6.07) is 12.0. The molecule has 2 aromatic carbocycles. The molecule has 0 radical (unpaired) electrons. The Morgan fingerprint density at radius 2 is 1.93 bits per heavy atom. The van der Waals surface area contributed by atoms with E-state index in [1.54, 1.807) is 18.2 Å². The Kier molecular flexibility index (Phi) is 4.89. The predicted octanol–water partition coefficient (Wildman–Crippen LogP) is 5.10. The lowest BCUT2D eigenvalue weighted by Crippen LogP contribution is -2.15. The first-order valence-electron chi connectivity index (χ1n) is 9.05. The number of hydrogen-bond donors (Lipinski definition) is 1. The molecule has 9 heteroatoms. The van der Waals surface area contributed by atoms with Gasteiger partial charge in [0.25, 0.3) is 5.91 Å². The lowest BCUT2D eigenvalue weighted by molar-refractivity contribution is 0.103. The van der Waals surface area contributed by atoms with Crippen molar-refractivity contribution in [2.45, 2.75) is 0 Å². The zero-order valence-corrected chi connectivity index (χ0v) is 17.1. The molecule has 6 nitrogen and oxygen atoms in total. The highest BCUT2D eigenvalue weighted by Crippen LogP contribution is 2.35. The molecule has 1 aliphatic heterocycles. The SMILES string of the molecule is O=C(Nc1nc(-c2ccc3c(c2)OCCO3)cs1)c1cnc(-c2ccccc2F)s1. The van der Waals surface area contributed by atoms with Crippen molar-refractivity contribution in [1.29, 1.82) is 0 Å². The number of ether oxygens (including phenoxy) is 2. The van der Waals surface area contributed by atoms with Gasteiger partial charge in [0.05, 0.1) is 11.9 Å². The number of fused-ring (bicyclic) bond motifs is 1.